The topological polar surface area (TPSA) is 69.6 Å². The van der Waals surface area contributed by atoms with Gasteiger partial charge in [0.15, 0.2) is 5.82 Å². The van der Waals surface area contributed by atoms with Crippen molar-refractivity contribution in [3.05, 3.63) is 30.3 Å². The van der Waals surface area contributed by atoms with Crippen LogP contribution in [0.4, 0.5) is 5.82 Å². The highest BCUT2D eigenvalue weighted by atomic mass is 15.2. The molecular weight excluding hydrogens is 166 g/mol. The Kier molecular flexibility index (Phi) is 0.680. The maximum absolute atomic E-state index is 7.76. The first-order chi connectivity index (χ1) is 9.14. The Morgan fingerprint density at radius 3 is 3.15 bits per heavy atom. The molecule has 0 radical (unpaired) electrons. The lowest BCUT2D eigenvalue weighted by molar-refractivity contribution is 0.891. The highest BCUT2D eigenvalue weighted by Gasteiger charge is 1.98. The molecule has 2 aromatic rings. The van der Waals surface area contributed by atoms with E-state index in [-0.39, 0.29) is 17.8 Å². The minimum Gasteiger partial charge on any atom is -0.382 e. The first kappa shape index (κ1) is 3.10. The van der Waals surface area contributed by atoms with Crippen LogP contribution in [0.5, 0.6) is 0 Å². The van der Waals surface area contributed by atoms with Crippen molar-refractivity contribution in [2.24, 2.45) is 0 Å². The van der Waals surface area contributed by atoms with Crippen molar-refractivity contribution in [2.75, 3.05) is 5.73 Å². The van der Waals surface area contributed by atoms with E-state index < -0.39 is 30.9 Å². The van der Waals surface area contributed by atoms with E-state index in [1.807, 2.05) is 0 Å². The van der Waals surface area contributed by atoms with Gasteiger partial charge in [-0.3, -0.25) is 4.57 Å². The van der Waals surface area contributed by atoms with Crippen molar-refractivity contribution in [3.8, 4) is 5.82 Å². The Morgan fingerprint density at radius 1 is 1.54 bits per heavy atom. The lowest BCUT2D eigenvalue weighted by atomic mass is 10.4. The summed E-state index contributed by atoms with van der Waals surface area (Å²) in [7, 11) is 0. The van der Waals surface area contributed by atoms with Crippen molar-refractivity contribution < 1.29 is 9.60 Å². The van der Waals surface area contributed by atoms with Crippen LogP contribution in [-0.2, 0) is 0 Å². The van der Waals surface area contributed by atoms with Gasteiger partial charge in [0.05, 0.1) is 16.0 Å². The predicted molar refractivity (Wildman–Crippen MR) is 48.3 cm³/mol. The number of nitrogens with two attached hydrogens (primary N) is 1. The van der Waals surface area contributed by atoms with E-state index in [2.05, 4.69) is 15.2 Å². The number of aromatic nitrogens is 4. The quantitative estimate of drug-likeness (QED) is 0.699. The molecule has 0 amide bonds. The first-order valence-corrected chi connectivity index (χ1v) is 3.30. The number of imidazole rings is 1. The third-order valence-electron chi connectivity index (χ3n) is 1.25. The number of nitrogen functional groups attached to an aromatic ring is 1. The third-order valence-corrected chi connectivity index (χ3v) is 1.25. The van der Waals surface area contributed by atoms with Crippen LogP contribution in [0.15, 0.2) is 24.6 Å². The van der Waals surface area contributed by atoms with Crippen LogP contribution in [-0.4, -0.2) is 19.7 Å². The van der Waals surface area contributed by atoms with Crippen LogP contribution in [0, 0.1) is 6.85 Å². The normalized spacial score (nSPS) is 18.9. The molecule has 0 bridgehead atoms. The monoisotopic (exact) mass is 182 g/mol. The van der Waals surface area contributed by atoms with Crippen molar-refractivity contribution in [1.29, 1.82) is 0 Å². The third kappa shape index (κ3) is 1.48. The van der Waals surface area contributed by atoms with Crippen molar-refractivity contribution in [2.45, 2.75) is 6.85 Å². The molecule has 0 unspecified atom stereocenters. The molecule has 0 atom stereocenters. The maximum Gasteiger partial charge on any atom is 0.160 e. The second kappa shape index (κ2) is 2.85. The van der Waals surface area contributed by atoms with Gasteiger partial charge in [0.2, 0.25) is 0 Å². The van der Waals surface area contributed by atoms with Gasteiger partial charge in [-0.25, -0.2) is 4.98 Å². The molecule has 0 fully saturated rings. The van der Waals surface area contributed by atoms with Crippen molar-refractivity contribution in [1.82, 2.24) is 19.7 Å². The largest absolute Gasteiger partial charge is 0.382 e. The molecule has 0 aliphatic carbocycles. The molecule has 66 valence electrons. The standard InChI is InChI=1S/C8H9N5/c1-6-2-3-8(12-11-6)13-4-7(9)10-5-13/h2-5H,9H2,1H3/i1D3,2D,3D,4D,5D. The summed E-state index contributed by atoms with van der Waals surface area (Å²) in [4.78, 5) is 3.53. The molecular formula is C8H9N5. The van der Waals surface area contributed by atoms with E-state index in [0.29, 0.717) is 0 Å². The summed E-state index contributed by atoms with van der Waals surface area (Å²) >= 11 is 0. The first-order valence-electron chi connectivity index (χ1n) is 6.80. The Labute approximate surface area is 85.1 Å². The second-order valence-electron chi connectivity index (χ2n) is 2.17. The summed E-state index contributed by atoms with van der Waals surface area (Å²) in [5, 5.41) is 6.92. The van der Waals surface area contributed by atoms with Crippen LogP contribution < -0.4 is 5.73 Å². The summed E-state index contributed by atoms with van der Waals surface area (Å²) in [5.41, 5.74) is 4.77. The molecule has 2 rings (SSSR count). The molecule has 2 aromatic heterocycles. The Hall–Kier alpha value is -1.91. The van der Waals surface area contributed by atoms with Gasteiger partial charge in [-0.2, -0.15) is 5.10 Å². The minimum atomic E-state index is -2.67. The van der Waals surface area contributed by atoms with Crippen molar-refractivity contribution in [3.63, 3.8) is 0 Å². The molecule has 0 spiro atoms. The van der Waals surface area contributed by atoms with Crippen LogP contribution in [0.3, 0.4) is 0 Å². The summed E-state index contributed by atoms with van der Waals surface area (Å²) in [5.74, 6) is -0.565. The average molecular weight is 182 g/mol. The fraction of sp³-hybridized carbons (Fsp3) is 0.125. The molecule has 5 heteroatoms. The zero-order valence-electron chi connectivity index (χ0n) is 13.4. The van der Waals surface area contributed by atoms with Gasteiger partial charge in [-0.05, 0) is 18.9 Å². The maximum atomic E-state index is 7.76. The SMILES string of the molecule is [2H]c1c(-n2c([2H])nc(N)c2[2H])nnc(C([2H])([2H])[2H])c1[2H]. The summed E-state index contributed by atoms with van der Waals surface area (Å²) in [6, 6.07) is -1.20. The fourth-order valence-electron chi connectivity index (χ4n) is 0.732. The van der Waals surface area contributed by atoms with Gasteiger partial charge >= 0.3 is 0 Å². The molecule has 0 saturated carbocycles. The molecule has 2 heterocycles. The molecule has 5 nitrogen and oxygen atoms in total. The summed E-state index contributed by atoms with van der Waals surface area (Å²) < 4.78 is 53.0. The van der Waals surface area contributed by atoms with E-state index in [9.17, 15) is 0 Å². The van der Waals surface area contributed by atoms with Crippen LogP contribution >= 0.6 is 0 Å². The number of hydrogen-bond acceptors (Lipinski definition) is 4. The summed E-state index contributed by atoms with van der Waals surface area (Å²) in [6.07, 6.45) is -0.824. The van der Waals surface area contributed by atoms with Crippen LogP contribution in [0.1, 0.15) is 15.3 Å². The van der Waals surface area contributed by atoms with Crippen LogP contribution in [0.25, 0.3) is 5.82 Å². The Balaban J connectivity index is 2.69. The van der Waals surface area contributed by atoms with E-state index in [1.165, 1.54) is 0 Å². The molecule has 0 aliphatic rings. The van der Waals surface area contributed by atoms with Gasteiger partial charge in [-0.15, -0.1) is 5.10 Å². The van der Waals surface area contributed by atoms with Gasteiger partial charge in [-0.1, -0.05) is 0 Å². The number of anilines is 1. The molecule has 13 heavy (non-hydrogen) atoms. The Morgan fingerprint density at radius 2 is 2.46 bits per heavy atom. The lowest BCUT2D eigenvalue weighted by Gasteiger charge is -1.98. The van der Waals surface area contributed by atoms with Gasteiger partial charge in [0.1, 0.15) is 13.5 Å². The van der Waals surface area contributed by atoms with Crippen molar-refractivity contribution >= 4 is 5.82 Å². The number of nitrogens with zero attached hydrogens (tertiary/aromatic N) is 4. The lowest BCUT2D eigenvalue weighted by Crippen LogP contribution is -1.97. The highest BCUT2D eigenvalue weighted by molar-refractivity contribution is 5.30. The van der Waals surface area contributed by atoms with E-state index in [0.717, 1.165) is 4.57 Å². The number of rotatable bonds is 1. The zero-order chi connectivity index (χ0) is 15.2. The van der Waals surface area contributed by atoms with Crippen LogP contribution in [0.2, 0.25) is 0 Å². The second-order valence-corrected chi connectivity index (χ2v) is 2.17. The molecule has 0 aliphatic heterocycles. The molecule has 0 saturated heterocycles. The average Bonchev–Trinajstić information content (AvgIpc) is 2.56. The smallest absolute Gasteiger partial charge is 0.160 e. The van der Waals surface area contributed by atoms with E-state index in [1.54, 1.807) is 0 Å². The van der Waals surface area contributed by atoms with E-state index >= 15 is 0 Å². The number of hydrogen-bond donors (Lipinski definition) is 1. The van der Waals surface area contributed by atoms with Gasteiger partial charge < -0.3 is 5.73 Å². The highest BCUT2D eigenvalue weighted by Crippen LogP contribution is 2.05. The van der Waals surface area contributed by atoms with Gasteiger partial charge in [0.25, 0.3) is 0 Å². The zero-order valence-corrected chi connectivity index (χ0v) is 6.37. The Bertz CT molecular complexity index is 677. The minimum absolute atomic E-state index is 0.234. The predicted octanol–water partition coefficient (Wildman–Crippen LogP) is 0.553. The molecule has 0 aromatic carbocycles. The fourth-order valence-corrected chi connectivity index (χ4v) is 0.732. The summed E-state index contributed by atoms with van der Waals surface area (Å²) in [6.45, 7) is -2.67. The van der Waals surface area contributed by atoms with E-state index in [4.69, 9.17) is 15.3 Å². The number of aryl methyl sites for hydroxylation is 1. The van der Waals surface area contributed by atoms with Gasteiger partial charge in [0, 0.05) is 4.11 Å². The molecule has 2 N–H and O–H groups in total.